The van der Waals surface area contributed by atoms with E-state index in [1.165, 1.54) is 5.56 Å². The molecule has 2 saturated heterocycles. The van der Waals surface area contributed by atoms with Gasteiger partial charge in [-0.25, -0.2) is 0 Å². The van der Waals surface area contributed by atoms with Gasteiger partial charge in [-0.2, -0.15) is 0 Å². The summed E-state index contributed by atoms with van der Waals surface area (Å²) in [5, 5.41) is 20.7. The number of nitrogens with zero attached hydrogens (tertiary/aromatic N) is 3. The Morgan fingerprint density at radius 3 is 2.57 bits per heavy atom. The molecule has 3 fully saturated rings. The molecule has 0 unspecified atom stereocenters. The Bertz CT molecular complexity index is 1070. The Labute approximate surface area is 208 Å². The molecule has 1 aliphatic carbocycles. The molecular weight excluding hydrogens is 438 g/mol. The smallest absolute Gasteiger partial charge is 0.227 e. The number of aromatic nitrogens is 1. The topological polar surface area (TPSA) is 76.9 Å². The van der Waals surface area contributed by atoms with Crippen molar-refractivity contribution >= 4 is 5.91 Å². The molecule has 3 atom stereocenters. The molecular formula is C29H35N3O3. The van der Waals surface area contributed by atoms with Crippen LogP contribution in [0.1, 0.15) is 61.1 Å². The summed E-state index contributed by atoms with van der Waals surface area (Å²) < 4.78 is 0. The third-order valence-electron chi connectivity index (χ3n) is 7.97. The summed E-state index contributed by atoms with van der Waals surface area (Å²) in [6.07, 6.45) is 9.44. The summed E-state index contributed by atoms with van der Waals surface area (Å²) in [6.45, 7) is 2.52. The SMILES string of the molecule is O=C(Cc1cccnc1)N1CCCCN2[C@H](CO)[C@H](c3ccc(C#CC4(O)CCCC4)cc3)[C@H]2C1. The number of fused-ring (bicyclic) bond motifs is 1. The second-order valence-electron chi connectivity index (χ2n) is 10.3. The average Bonchev–Trinajstić information content (AvgIpc) is 3.30. The maximum absolute atomic E-state index is 13.1. The van der Waals surface area contributed by atoms with Gasteiger partial charge in [0.05, 0.1) is 13.0 Å². The van der Waals surface area contributed by atoms with Crippen LogP contribution >= 0.6 is 0 Å². The Kier molecular flexibility index (Phi) is 7.19. The Hall–Kier alpha value is -2.72. The molecule has 1 saturated carbocycles. The number of carbonyl (C=O) groups excluding carboxylic acids is 1. The van der Waals surface area contributed by atoms with Crippen LogP contribution < -0.4 is 0 Å². The van der Waals surface area contributed by atoms with E-state index < -0.39 is 5.60 Å². The van der Waals surface area contributed by atoms with Crippen molar-refractivity contribution in [2.24, 2.45) is 0 Å². The van der Waals surface area contributed by atoms with E-state index in [4.69, 9.17) is 0 Å². The van der Waals surface area contributed by atoms with Gasteiger partial charge in [0.15, 0.2) is 0 Å². The Morgan fingerprint density at radius 1 is 1.09 bits per heavy atom. The lowest BCUT2D eigenvalue weighted by Gasteiger charge is -2.57. The molecule has 35 heavy (non-hydrogen) atoms. The molecule has 1 aromatic heterocycles. The highest BCUT2D eigenvalue weighted by Gasteiger charge is 2.49. The summed E-state index contributed by atoms with van der Waals surface area (Å²) in [6, 6.07) is 12.3. The van der Waals surface area contributed by atoms with Gasteiger partial charge in [-0.15, -0.1) is 0 Å². The third-order valence-corrected chi connectivity index (χ3v) is 7.97. The fourth-order valence-electron chi connectivity index (χ4n) is 6.02. The van der Waals surface area contributed by atoms with Crippen LogP contribution in [0.25, 0.3) is 0 Å². The van der Waals surface area contributed by atoms with E-state index in [1.807, 2.05) is 29.2 Å². The highest BCUT2D eigenvalue weighted by molar-refractivity contribution is 5.78. The molecule has 184 valence electrons. The molecule has 1 aromatic carbocycles. The number of aliphatic hydroxyl groups excluding tert-OH is 1. The molecule has 5 rings (SSSR count). The van der Waals surface area contributed by atoms with Gasteiger partial charge in [0, 0.05) is 49.0 Å². The molecule has 0 spiro atoms. The first-order valence-corrected chi connectivity index (χ1v) is 13.0. The van der Waals surface area contributed by atoms with Crippen LogP contribution in [0, 0.1) is 11.8 Å². The van der Waals surface area contributed by atoms with Crippen LogP contribution in [0.4, 0.5) is 0 Å². The van der Waals surface area contributed by atoms with Crippen LogP contribution in [0.3, 0.4) is 0 Å². The average molecular weight is 474 g/mol. The first-order chi connectivity index (χ1) is 17.1. The van der Waals surface area contributed by atoms with Gasteiger partial charge >= 0.3 is 0 Å². The molecule has 2 aliphatic heterocycles. The van der Waals surface area contributed by atoms with E-state index in [2.05, 4.69) is 33.9 Å². The lowest BCUT2D eigenvalue weighted by Crippen LogP contribution is -2.68. The van der Waals surface area contributed by atoms with Gasteiger partial charge in [0.2, 0.25) is 5.91 Å². The van der Waals surface area contributed by atoms with Gasteiger partial charge in [-0.1, -0.05) is 30.0 Å². The second kappa shape index (κ2) is 10.5. The fourth-order valence-corrected chi connectivity index (χ4v) is 6.02. The zero-order valence-corrected chi connectivity index (χ0v) is 20.3. The standard InChI is InChI=1S/C29H35N3O3/c33-21-26-28(24-9-7-22(8-10-24)11-14-29(35)12-1-2-13-29)25-20-31(16-3-4-17-32(25)26)27(34)18-23-6-5-15-30-19-23/h5-10,15,19,25-26,28,33,35H,1-4,12-13,16-18,20-21H2/t25-,26-,28-/m1/s1. The minimum absolute atomic E-state index is 0.0736. The van der Waals surface area contributed by atoms with Crippen molar-refractivity contribution < 1.29 is 15.0 Å². The van der Waals surface area contributed by atoms with Crippen molar-refractivity contribution in [3.63, 3.8) is 0 Å². The lowest BCUT2D eigenvalue weighted by atomic mass is 9.74. The van der Waals surface area contributed by atoms with E-state index in [0.29, 0.717) is 13.0 Å². The highest BCUT2D eigenvalue weighted by atomic mass is 16.3. The number of hydrogen-bond donors (Lipinski definition) is 2. The quantitative estimate of drug-likeness (QED) is 0.668. The van der Waals surface area contributed by atoms with Crippen LogP contribution in [0.5, 0.6) is 0 Å². The van der Waals surface area contributed by atoms with Crippen molar-refractivity contribution in [1.82, 2.24) is 14.8 Å². The normalized spacial score (nSPS) is 26.0. The van der Waals surface area contributed by atoms with Crippen LogP contribution in [0.15, 0.2) is 48.8 Å². The van der Waals surface area contributed by atoms with Crippen LogP contribution in [0.2, 0.25) is 0 Å². The predicted octanol–water partition coefficient (Wildman–Crippen LogP) is 2.73. The number of amides is 1. The number of pyridine rings is 1. The summed E-state index contributed by atoms with van der Waals surface area (Å²) in [5.74, 6) is 6.55. The van der Waals surface area contributed by atoms with Crippen LogP contribution in [-0.2, 0) is 11.2 Å². The zero-order chi connectivity index (χ0) is 24.3. The summed E-state index contributed by atoms with van der Waals surface area (Å²) in [5.41, 5.74) is 2.18. The van der Waals surface area contributed by atoms with E-state index >= 15 is 0 Å². The largest absolute Gasteiger partial charge is 0.395 e. The Morgan fingerprint density at radius 2 is 1.86 bits per heavy atom. The van der Waals surface area contributed by atoms with Crippen LogP contribution in [-0.4, -0.2) is 74.8 Å². The van der Waals surface area contributed by atoms with E-state index in [-0.39, 0.29) is 30.5 Å². The second-order valence-corrected chi connectivity index (χ2v) is 10.3. The van der Waals surface area contributed by atoms with Gasteiger partial charge in [-0.05, 0) is 74.4 Å². The third kappa shape index (κ3) is 5.28. The fraction of sp³-hybridized carbons (Fsp3) is 0.517. The molecule has 3 heterocycles. The van der Waals surface area contributed by atoms with Crippen molar-refractivity contribution in [3.8, 4) is 11.8 Å². The molecule has 2 N–H and O–H groups in total. The number of aliphatic hydroxyl groups is 2. The number of hydrogen-bond acceptors (Lipinski definition) is 5. The van der Waals surface area contributed by atoms with E-state index in [0.717, 1.165) is 62.7 Å². The maximum Gasteiger partial charge on any atom is 0.227 e. The van der Waals surface area contributed by atoms with Crippen molar-refractivity contribution in [2.75, 3.05) is 26.2 Å². The predicted molar refractivity (Wildman–Crippen MR) is 135 cm³/mol. The van der Waals surface area contributed by atoms with E-state index in [1.54, 1.807) is 12.4 Å². The van der Waals surface area contributed by atoms with Gasteiger partial charge < -0.3 is 15.1 Å². The van der Waals surface area contributed by atoms with Gasteiger partial charge in [0.25, 0.3) is 0 Å². The summed E-state index contributed by atoms with van der Waals surface area (Å²) in [4.78, 5) is 21.7. The number of benzene rings is 1. The number of carbonyl (C=O) groups is 1. The molecule has 3 aliphatic rings. The van der Waals surface area contributed by atoms with Crippen molar-refractivity contribution in [1.29, 1.82) is 0 Å². The zero-order valence-electron chi connectivity index (χ0n) is 20.3. The van der Waals surface area contributed by atoms with Gasteiger partial charge in [-0.3, -0.25) is 14.7 Å². The lowest BCUT2D eigenvalue weighted by molar-refractivity contribution is -0.135. The molecule has 6 nitrogen and oxygen atoms in total. The molecule has 0 radical (unpaired) electrons. The number of rotatable bonds is 4. The summed E-state index contributed by atoms with van der Waals surface area (Å²) in [7, 11) is 0. The molecule has 6 heteroatoms. The van der Waals surface area contributed by atoms with E-state index in [9.17, 15) is 15.0 Å². The minimum Gasteiger partial charge on any atom is -0.395 e. The van der Waals surface area contributed by atoms with Crippen molar-refractivity contribution in [3.05, 3.63) is 65.5 Å². The van der Waals surface area contributed by atoms with Crippen molar-refractivity contribution in [2.45, 2.75) is 68.5 Å². The molecule has 2 aromatic rings. The molecule has 0 bridgehead atoms. The summed E-state index contributed by atoms with van der Waals surface area (Å²) >= 11 is 0. The maximum atomic E-state index is 13.1. The first-order valence-electron chi connectivity index (χ1n) is 13.0. The Balaban J connectivity index is 1.31. The highest BCUT2D eigenvalue weighted by Crippen LogP contribution is 2.42. The molecule has 1 amide bonds. The monoisotopic (exact) mass is 473 g/mol. The first kappa shape index (κ1) is 24.0. The van der Waals surface area contributed by atoms with Gasteiger partial charge in [0.1, 0.15) is 5.60 Å². The minimum atomic E-state index is -0.834.